The van der Waals surface area contributed by atoms with Crippen molar-refractivity contribution < 1.29 is 0 Å². The quantitative estimate of drug-likeness (QED) is 0.645. The largest absolute Gasteiger partial charge is 0.313 e. The van der Waals surface area contributed by atoms with Gasteiger partial charge in [-0.25, -0.2) is 0 Å². The average Bonchev–Trinajstić information content (AvgIpc) is 1.87. The standard InChI is InChI=1S/C8H17N3/c1-4-5-11(3)7-8(2,10)6-9/h4-5,7,10H2,1-3H3. The van der Waals surface area contributed by atoms with Crippen molar-refractivity contribution in [1.29, 1.82) is 5.26 Å². The highest BCUT2D eigenvalue weighted by molar-refractivity contribution is 5.02. The lowest BCUT2D eigenvalue weighted by Gasteiger charge is -2.23. The molecule has 0 fully saturated rings. The van der Waals surface area contributed by atoms with Crippen LogP contribution in [0.15, 0.2) is 0 Å². The number of rotatable bonds is 4. The van der Waals surface area contributed by atoms with Gasteiger partial charge in [0.2, 0.25) is 0 Å². The first-order valence-electron chi connectivity index (χ1n) is 3.90. The van der Waals surface area contributed by atoms with E-state index in [-0.39, 0.29) is 0 Å². The SMILES string of the molecule is CCCN(C)CC(C)(N)C#N. The molecule has 0 heterocycles. The van der Waals surface area contributed by atoms with Gasteiger partial charge in [0.1, 0.15) is 5.54 Å². The molecule has 0 rings (SSSR count). The second-order valence-corrected chi connectivity index (χ2v) is 3.27. The third-order valence-electron chi connectivity index (χ3n) is 1.46. The Balaban J connectivity index is 3.76. The van der Waals surface area contributed by atoms with Gasteiger partial charge in [-0.05, 0) is 26.9 Å². The lowest BCUT2D eigenvalue weighted by molar-refractivity contribution is 0.290. The predicted molar refractivity (Wildman–Crippen MR) is 46.0 cm³/mol. The van der Waals surface area contributed by atoms with Crippen LogP contribution in [-0.2, 0) is 0 Å². The van der Waals surface area contributed by atoms with Crippen LogP contribution in [-0.4, -0.2) is 30.6 Å². The predicted octanol–water partition coefficient (Wildman–Crippen LogP) is 0.569. The molecule has 0 aromatic rings. The molecule has 0 spiro atoms. The van der Waals surface area contributed by atoms with Gasteiger partial charge in [-0.15, -0.1) is 0 Å². The van der Waals surface area contributed by atoms with Gasteiger partial charge in [0.05, 0.1) is 6.07 Å². The van der Waals surface area contributed by atoms with Gasteiger partial charge < -0.3 is 10.6 Å². The minimum absolute atomic E-state index is 0.636. The first kappa shape index (κ1) is 10.4. The summed E-state index contributed by atoms with van der Waals surface area (Å²) in [5.74, 6) is 0. The molecule has 0 bridgehead atoms. The normalized spacial score (nSPS) is 16.0. The summed E-state index contributed by atoms with van der Waals surface area (Å²) in [5.41, 5.74) is 4.94. The smallest absolute Gasteiger partial charge is 0.114 e. The molecule has 0 aromatic carbocycles. The first-order valence-corrected chi connectivity index (χ1v) is 3.90. The molecule has 0 saturated carbocycles. The fourth-order valence-corrected chi connectivity index (χ4v) is 1.06. The summed E-state index contributed by atoms with van der Waals surface area (Å²) in [6.07, 6.45) is 1.10. The van der Waals surface area contributed by atoms with Gasteiger partial charge in [-0.2, -0.15) is 5.26 Å². The summed E-state index contributed by atoms with van der Waals surface area (Å²) in [6, 6.07) is 2.07. The second kappa shape index (κ2) is 4.32. The van der Waals surface area contributed by atoms with Gasteiger partial charge >= 0.3 is 0 Å². The minimum atomic E-state index is -0.704. The fourth-order valence-electron chi connectivity index (χ4n) is 1.06. The van der Waals surface area contributed by atoms with Crippen molar-refractivity contribution in [3.8, 4) is 6.07 Å². The van der Waals surface area contributed by atoms with Crippen LogP contribution in [0.25, 0.3) is 0 Å². The maximum Gasteiger partial charge on any atom is 0.114 e. The van der Waals surface area contributed by atoms with Crippen molar-refractivity contribution in [2.45, 2.75) is 25.8 Å². The third-order valence-corrected chi connectivity index (χ3v) is 1.46. The van der Waals surface area contributed by atoms with E-state index >= 15 is 0 Å². The van der Waals surface area contributed by atoms with E-state index < -0.39 is 5.54 Å². The molecular formula is C8H17N3. The molecule has 1 unspecified atom stereocenters. The van der Waals surface area contributed by atoms with Gasteiger partial charge in [0.15, 0.2) is 0 Å². The number of hydrogen-bond donors (Lipinski definition) is 1. The van der Waals surface area contributed by atoms with Gasteiger partial charge in [0.25, 0.3) is 0 Å². The van der Waals surface area contributed by atoms with E-state index in [0.717, 1.165) is 13.0 Å². The molecule has 2 N–H and O–H groups in total. The lowest BCUT2D eigenvalue weighted by Crippen LogP contribution is -2.45. The topological polar surface area (TPSA) is 53.0 Å². The maximum absolute atomic E-state index is 8.61. The van der Waals surface area contributed by atoms with Crippen LogP contribution in [0.4, 0.5) is 0 Å². The van der Waals surface area contributed by atoms with E-state index in [4.69, 9.17) is 11.0 Å². The first-order chi connectivity index (χ1) is 5.02. The number of nitriles is 1. The Kier molecular flexibility index (Phi) is 4.09. The molecule has 64 valence electrons. The Morgan fingerprint density at radius 2 is 2.18 bits per heavy atom. The Morgan fingerprint density at radius 1 is 1.64 bits per heavy atom. The zero-order valence-electron chi connectivity index (χ0n) is 7.59. The molecule has 0 aliphatic heterocycles. The van der Waals surface area contributed by atoms with Crippen molar-refractivity contribution >= 4 is 0 Å². The van der Waals surface area contributed by atoms with Crippen LogP contribution in [0, 0.1) is 11.3 Å². The summed E-state index contributed by atoms with van der Waals surface area (Å²) in [7, 11) is 1.98. The highest BCUT2D eigenvalue weighted by Crippen LogP contribution is 1.99. The molecule has 3 nitrogen and oxygen atoms in total. The van der Waals surface area contributed by atoms with E-state index in [1.54, 1.807) is 6.92 Å². The number of likely N-dealkylation sites (N-methyl/N-ethyl adjacent to an activating group) is 1. The Bertz CT molecular complexity index is 146. The second-order valence-electron chi connectivity index (χ2n) is 3.27. The maximum atomic E-state index is 8.61. The zero-order chi connectivity index (χ0) is 8.91. The monoisotopic (exact) mass is 155 g/mol. The highest BCUT2D eigenvalue weighted by Gasteiger charge is 2.18. The summed E-state index contributed by atoms with van der Waals surface area (Å²) >= 11 is 0. The zero-order valence-corrected chi connectivity index (χ0v) is 7.59. The summed E-state index contributed by atoms with van der Waals surface area (Å²) in [4.78, 5) is 2.07. The minimum Gasteiger partial charge on any atom is -0.313 e. The molecule has 0 aromatic heterocycles. The molecule has 0 saturated heterocycles. The molecule has 1 atom stereocenters. The third kappa shape index (κ3) is 4.77. The average molecular weight is 155 g/mol. The molecule has 0 amide bonds. The van der Waals surface area contributed by atoms with Crippen LogP contribution >= 0.6 is 0 Å². The molecule has 0 radical (unpaired) electrons. The van der Waals surface area contributed by atoms with E-state index in [9.17, 15) is 0 Å². The summed E-state index contributed by atoms with van der Waals surface area (Å²) in [6.45, 7) is 5.49. The molecule has 11 heavy (non-hydrogen) atoms. The number of nitrogens with two attached hydrogens (primary N) is 1. The van der Waals surface area contributed by atoms with E-state index in [0.29, 0.717) is 6.54 Å². The molecule has 0 aliphatic rings. The van der Waals surface area contributed by atoms with Crippen molar-refractivity contribution in [3.05, 3.63) is 0 Å². The van der Waals surface area contributed by atoms with Crippen molar-refractivity contribution in [2.24, 2.45) is 5.73 Å². The molecular weight excluding hydrogens is 138 g/mol. The van der Waals surface area contributed by atoms with E-state index in [1.165, 1.54) is 0 Å². The fraction of sp³-hybridized carbons (Fsp3) is 0.875. The van der Waals surface area contributed by atoms with Crippen LogP contribution in [0.2, 0.25) is 0 Å². The van der Waals surface area contributed by atoms with Crippen LogP contribution in [0.5, 0.6) is 0 Å². The van der Waals surface area contributed by atoms with Crippen molar-refractivity contribution in [3.63, 3.8) is 0 Å². The van der Waals surface area contributed by atoms with Gasteiger partial charge in [0, 0.05) is 6.54 Å². The van der Waals surface area contributed by atoms with Crippen LogP contribution in [0.3, 0.4) is 0 Å². The Labute approximate surface area is 68.8 Å². The molecule has 3 heteroatoms. The van der Waals surface area contributed by atoms with Gasteiger partial charge in [-0.3, -0.25) is 0 Å². The summed E-state index contributed by atoms with van der Waals surface area (Å²) < 4.78 is 0. The van der Waals surface area contributed by atoms with Crippen molar-refractivity contribution in [2.75, 3.05) is 20.1 Å². The van der Waals surface area contributed by atoms with E-state index in [2.05, 4.69) is 17.9 Å². The van der Waals surface area contributed by atoms with Crippen molar-refractivity contribution in [1.82, 2.24) is 4.90 Å². The van der Waals surface area contributed by atoms with Gasteiger partial charge in [-0.1, -0.05) is 6.92 Å². The summed E-state index contributed by atoms with van der Waals surface area (Å²) in [5, 5.41) is 8.61. The van der Waals surface area contributed by atoms with E-state index in [1.807, 2.05) is 7.05 Å². The Hall–Kier alpha value is -0.590. The number of hydrogen-bond acceptors (Lipinski definition) is 3. The molecule has 0 aliphatic carbocycles. The Morgan fingerprint density at radius 3 is 2.55 bits per heavy atom. The van der Waals surface area contributed by atoms with Crippen LogP contribution < -0.4 is 5.73 Å². The lowest BCUT2D eigenvalue weighted by atomic mass is 10.1. The number of nitrogens with zero attached hydrogens (tertiary/aromatic N) is 2. The highest BCUT2D eigenvalue weighted by atomic mass is 15.1. The van der Waals surface area contributed by atoms with Crippen LogP contribution in [0.1, 0.15) is 20.3 Å².